The second-order valence-corrected chi connectivity index (χ2v) is 10.1. The Morgan fingerprint density at radius 1 is 1.15 bits per heavy atom. The van der Waals surface area contributed by atoms with E-state index in [9.17, 15) is 9.59 Å². The van der Waals surface area contributed by atoms with Gasteiger partial charge in [-0.15, -0.1) is 0 Å². The van der Waals surface area contributed by atoms with Crippen molar-refractivity contribution >= 4 is 34.4 Å². The number of hydrogen-bond donors (Lipinski definition) is 1. The molecule has 1 saturated carbocycles. The summed E-state index contributed by atoms with van der Waals surface area (Å²) >= 11 is 6.07. The van der Waals surface area contributed by atoms with E-state index >= 15 is 0 Å². The van der Waals surface area contributed by atoms with Gasteiger partial charge in [0, 0.05) is 17.6 Å². The number of carbonyl (C=O) groups is 2. The summed E-state index contributed by atoms with van der Waals surface area (Å²) in [5.74, 6) is 0.468. The topological polar surface area (TPSA) is 67.2 Å². The Morgan fingerprint density at radius 3 is 2.64 bits per heavy atom. The largest absolute Gasteiger partial charge is 0.351 e. The van der Waals surface area contributed by atoms with E-state index < -0.39 is 5.54 Å². The summed E-state index contributed by atoms with van der Waals surface area (Å²) in [6.07, 6.45) is 4.42. The Morgan fingerprint density at radius 2 is 1.88 bits per heavy atom. The number of nitrogens with one attached hydrogen (secondary N) is 1. The minimum absolute atomic E-state index is 0.105. The molecule has 0 bridgehead atoms. The third kappa shape index (κ3) is 3.90. The van der Waals surface area contributed by atoms with Crippen LogP contribution in [0.1, 0.15) is 55.7 Å². The van der Waals surface area contributed by atoms with E-state index in [-0.39, 0.29) is 17.9 Å². The molecule has 2 amide bonds. The predicted molar refractivity (Wildman–Crippen MR) is 129 cm³/mol. The number of hydrogen-bond acceptors (Lipinski definition) is 3. The molecule has 3 aromatic rings. The molecule has 3 atom stereocenters. The van der Waals surface area contributed by atoms with Gasteiger partial charge in [0.25, 0.3) is 5.91 Å². The molecule has 0 saturated heterocycles. The second-order valence-electron chi connectivity index (χ2n) is 9.64. The molecular weight excluding hydrogens is 436 g/mol. The molecule has 5 rings (SSSR count). The summed E-state index contributed by atoms with van der Waals surface area (Å²) in [4.78, 5) is 33.9. The highest BCUT2D eigenvalue weighted by Crippen LogP contribution is 2.33. The maximum Gasteiger partial charge on any atom is 0.291 e. The van der Waals surface area contributed by atoms with Gasteiger partial charge in [-0.1, -0.05) is 55.6 Å². The lowest BCUT2D eigenvalue weighted by molar-refractivity contribution is -0.134. The first-order chi connectivity index (χ1) is 15.9. The Kier molecular flexibility index (Phi) is 5.65. The summed E-state index contributed by atoms with van der Waals surface area (Å²) in [5.41, 5.74) is 1.50. The van der Waals surface area contributed by atoms with Crippen LogP contribution >= 0.6 is 11.6 Å². The van der Waals surface area contributed by atoms with Crippen molar-refractivity contribution in [1.29, 1.82) is 0 Å². The van der Waals surface area contributed by atoms with E-state index in [1.165, 1.54) is 6.42 Å². The monoisotopic (exact) mass is 464 g/mol. The number of imidazole rings is 1. The molecule has 6 nitrogen and oxygen atoms in total. The van der Waals surface area contributed by atoms with Gasteiger partial charge < -0.3 is 14.8 Å². The number of rotatable bonds is 4. The van der Waals surface area contributed by atoms with Crippen molar-refractivity contribution in [3.05, 3.63) is 64.9 Å². The van der Waals surface area contributed by atoms with E-state index in [1.54, 1.807) is 4.90 Å². The maximum absolute atomic E-state index is 13.8. The molecule has 1 fully saturated rings. The van der Waals surface area contributed by atoms with Gasteiger partial charge in [-0.2, -0.15) is 0 Å². The van der Waals surface area contributed by atoms with Crippen LogP contribution in [0.2, 0.25) is 5.02 Å². The van der Waals surface area contributed by atoms with Crippen molar-refractivity contribution in [2.45, 2.75) is 64.2 Å². The van der Waals surface area contributed by atoms with E-state index in [0.29, 0.717) is 29.9 Å². The molecule has 1 N–H and O–H groups in total. The number of carbonyl (C=O) groups excluding carboxylic acids is 2. The van der Waals surface area contributed by atoms with Gasteiger partial charge in [0.2, 0.25) is 5.91 Å². The molecule has 172 valence electrons. The Hall–Kier alpha value is -2.86. The zero-order valence-corrected chi connectivity index (χ0v) is 19.8. The Balaban J connectivity index is 1.54. The van der Waals surface area contributed by atoms with Crippen LogP contribution in [0, 0.1) is 5.92 Å². The van der Waals surface area contributed by atoms with Gasteiger partial charge in [-0.3, -0.25) is 9.59 Å². The van der Waals surface area contributed by atoms with Gasteiger partial charge in [-0.25, -0.2) is 4.98 Å². The van der Waals surface area contributed by atoms with Crippen molar-refractivity contribution in [2.24, 2.45) is 5.92 Å². The molecule has 0 radical (unpaired) electrons. The van der Waals surface area contributed by atoms with E-state index in [2.05, 4.69) is 17.2 Å². The highest BCUT2D eigenvalue weighted by molar-refractivity contribution is 6.30. The summed E-state index contributed by atoms with van der Waals surface area (Å²) in [5, 5.41) is 3.94. The third-order valence-electron chi connectivity index (χ3n) is 7.32. The summed E-state index contributed by atoms with van der Waals surface area (Å²) in [6.45, 7) is 4.74. The van der Waals surface area contributed by atoms with Crippen LogP contribution in [-0.4, -0.2) is 37.8 Å². The number of nitrogens with zero attached hydrogens (tertiary/aromatic N) is 3. The Labute approximate surface area is 198 Å². The summed E-state index contributed by atoms with van der Waals surface area (Å²) in [6, 6.07) is 15.2. The predicted octanol–water partition coefficient (Wildman–Crippen LogP) is 4.80. The molecule has 7 heteroatoms. The first-order valence-corrected chi connectivity index (χ1v) is 12.1. The number of halogens is 1. The van der Waals surface area contributed by atoms with Gasteiger partial charge in [0.15, 0.2) is 5.82 Å². The number of fused-ring (bicyclic) bond motifs is 3. The fraction of sp³-hybridized carbons (Fsp3) is 0.423. The molecule has 1 aliphatic heterocycles. The first kappa shape index (κ1) is 22.0. The molecule has 1 aromatic heterocycles. The fourth-order valence-electron chi connectivity index (χ4n) is 5.20. The zero-order valence-electron chi connectivity index (χ0n) is 19.1. The van der Waals surface area contributed by atoms with Crippen LogP contribution in [-0.2, 0) is 17.9 Å². The van der Waals surface area contributed by atoms with Crippen molar-refractivity contribution in [3.63, 3.8) is 0 Å². The lowest BCUT2D eigenvalue weighted by Gasteiger charge is -2.44. The first-order valence-electron chi connectivity index (χ1n) is 11.7. The maximum atomic E-state index is 13.8. The number of benzene rings is 2. The van der Waals surface area contributed by atoms with E-state index in [0.717, 1.165) is 35.9 Å². The second kappa shape index (κ2) is 8.49. The van der Waals surface area contributed by atoms with Crippen molar-refractivity contribution in [2.75, 3.05) is 0 Å². The van der Waals surface area contributed by atoms with Crippen LogP contribution in [0.3, 0.4) is 0 Å². The average molecular weight is 465 g/mol. The number of aromatic nitrogens is 2. The van der Waals surface area contributed by atoms with E-state index in [4.69, 9.17) is 11.6 Å². The Bertz CT molecular complexity index is 1200. The quantitative estimate of drug-likeness (QED) is 0.603. The number of para-hydroxylation sites is 2. The minimum Gasteiger partial charge on any atom is -0.351 e. The van der Waals surface area contributed by atoms with Crippen molar-refractivity contribution in [1.82, 2.24) is 19.8 Å². The van der Waals surface area contributed by atoms with Gasteiger partial charge >= 0.3 is 0 Å². The van der Waals surface area contributed by atoms with Crippen LogP contribution in [0.4, 0.5) is 0 Å². The lowest BCUT2D eigenvalue weighted by Crippen LogP contribution is -2.65. The molecule has 1 aliphatic carbocycles. The van der Waals surface area contributed by atoms with Crippen LogP contribution in [0.25, 0.3) is 11.0 Å². The summed E-state index contributed by atoms with van der Waals surface area (Å²) in [7, 11) is 0. The standard InChI is InChI=1S/C26H29ClN4O2/c1-17-7-3-4-8-20(17)29-25(33)26(2)16-30-22-10-6-5-9-21(22)28-23(30)24(32)31(26)15-18-11-13-19(27)14-12-18/h5-6,9-14,17,20H,3-4,7-8,15-16H2,1-2H3,(H,29,33)/t17-,20-,26-/m1/s1. The molecule has 2 heterocycles. The van der Waals surface area contributed by atoms with Crippen LogP contribution in [0.15, 0.2) is 48.5 Å². The van der Waals surface area contributed by atoms with Gasteiger partial charge in [0.1, 0.15) is 5.54 Å². The smallest absolute Gasteiger partial charge is 0.291 e. The van der Waals surface area contributed by atoms with Crippen LogP contribution in [0.5, 0.6) is 0 Å². The fourth-order valence-corrected chi connectivity index (χ4v) is 5.33. The number of amides is 2. The molecule has 0 spiro atoms. The SMILES string of the molecule is C[C@@H]1CCCC[C@H]1NC(=O)[C@@]1(C)Cn2c(nc3ccccc32)C(=O)N1Cc1ccc(Cl)cc1. The average Bonchev–Trinajstić information content (AvgIpc) is 3.18. The molecule has 33 heavy (non-hydrogen) atoms. The van der Waals surface area contributed by atoms with Gasteiger partial charge in [0.05, 0.1) is 17.6 Å². The molecular formula is C26H29ClN4O2. The highest BCUT2D eigenvalue weighted by Gasteiger charge is 2.49. The van der Waals surface area contributed by atoms with Crippen molar-refractivity contribution < 1.29 is 9.59 Å². The lowest BCUT2D eigenvalue weighted by atomic mass is 9.85. The van der Waals surface area contributed by atoms with Gasteiger partial charge in [-0.05, 0) is 55.5 Å². The summed E-state index contributed by atoms with van der Waals surface area (Å²) < 4.78 is 1.90. The van der Waals surface area contributed by atoms with Crippen LogP contribution < -0.4 is 5.32 Å². The third-order valence-corrected chi connectivity index (χ3v) is 7.58. The normalized spacial score (nSPS) is 25.2. The zero-order chi connectivity index (χ0) is 23.2. The molecule has 2 aliphatic rings. The van der Waals surface area contributed by atoms with Crippen molar-refractivity contribution in [3.8, 4) is 0 Å². The molecule has 2 aromatic carbocycles. The van der Waals surface area contributed by atoms with E-state index in [1.807, 2.05) is 60.0 Å². The minimum atomic E-state index is -1.05. The highest BCUT2D eigenvalue weighted by atomic mass is 35.5. The molecule has 0 unspecified atom stereocenters.